The van der Waals surface area contributed by atoms with Crippen molar-refractivity contribution in [1.82, 2.24) is 0 Å². The number of aliphatic hydroxyl groups excluding tert-OH is 6. The van der Waals surface area contributed by atoms with Gasteiger partial charge >= 0.3 is 19.8 Å². The smallest absolute Gasteiger partial charge is 0.462 e. The van der Waals surface area contributed by atoms with Crippen LogP contribution in [0.25, 0.3) is 0 Å². The summed E-state index contributed by atoms with van der Waals surface area (Å²) in [4.78, 5) is 35.6. The van der Waals surface area contributed by atoms with Crippen LogP contribution in [-0.4, -0.2) is 110 Å². The lowest BCUT2D eigenvalue weighted by molar-refractivity contribution is -0.220. The third-order valence-electron chi connectivity index (χ3n) is 10.0. The Labute approximate surface area is 358 Å². The van der Waals surface area contributed by atoms with Crippen molar-refractivity contribution in [2.24, 2.45) is 0 Å². The van der Waals surface area contributed by atoms with Crippen LogP contribution >= 0.6 is 7.82 Å². The van der Waals surface area contributed by atoms with Gasteiger partial charge in [0, 0.05) is 12.8 Å². The predicted molar refractivity (Wildman–Crippen MR) is 232 cm³/mol. The normalized spacial score (nSPS) is 23.3. The summed E-state index contributed by atoms with van der Waals surface area (Å²) in [6.07, 6.45) is 25.2. The number of aliphatic hydroxyl groups is 6. The molecular weight excluding hydrogens is 795 g/mol. The molecule has 0 aromatic rings. The molecule has 0 heterocycles. The van der Waals surface area contributed by atoms with Gasteiger partial charge in [-0.15, -0.1) is 0 Å². The fraction of sp³-hybridized carbons (Fsp3) is 0.733. The van der Waals surface area contributed by atoms with Gasteiger partial charge in [-0.1, -0.05) is 152 Å². The van der Waals surface area contributed by atoms with Gasteiger partial charge in [0.05, 0.1) is 12.7 Å². The molecule has 1 rings (SSSR count). The van der Waals surface area contributed by atoms with Crippen LogP contribution in [-0.2, 0) is 32.7 Å². The third kappa shape index (κ3) is 27.5. The average molecular weight is 873 g/mol. The molecule has 346 valence electrons. The molecule has 0 spiro atoms. The maximum atomic E-state index is 12.8. The van der Waals surface area contributed by atoms with E-state index >= 15 is 0 Å². The van der Waals surface area contributed by atoms with E-state index in [0.29, 0.717) is 25.7 Å². The zero-order chi connectivity index (χ0) is 44.4. The maximum Gasteiger partial charge on any atom is 0.472 e. The highest BCUT2D eigenvalue weighted by atomic mass is 31.2. The molecule has 0 amide bonds. The van der Waals surface area contributed by atoms with Crippen LogP contribution in [0.4, 0.5) is 0 Å². The molecule has 0 saturated heterocycles. The molecule has 0 aromatic heterocycles. The number of rotatable bonds is 35. The van der Waals surface area contributed by atoms with Gasteiger partial charge in [-0.05, 0) is 44.9 Å². The van der Waals surface area contributed by atoms with E-state index in [-0.39, 0.29) is 12.8 Å². The van der Waals surface area contributed by atoms with E-state index in [4.69, 9.17) is 18.5 Å². The Morgan fingerprint density at radius 2 is 1.08 bits per heavy atom. The van der Waals surface area contributed by atoms with E-state index in [2.05, 4.69) is 25.2 Å². The van der Waals surface area contributed by atoms with E-state index in [0.717, 1.165) is 38.5 Å². The molecule has 7 N–H and O–H groups in total. The molecular formula is C45H77O14P. The van der Waals surface area contributed by atoms with Crippen molar-refractivity contribution >= 4 is 19.8 Å². The predicted octanol–water partition coefficient (Wildman–Crippen LogP) is 7.14. The lowest BCUT2D eigenvalue weighted by Crippen LogP contribution is -2.64. The minimum absolute atomic E-state index is 0.00362. The van der Waals surface area contributed by atoms with Crippen molar-refractivity contribution in [3.63, 3.8) is 0 Å². The number of phosphoric acid groups is 1. The SMILES string of the molecule is CCCCCCCCCCCCCCCC(=O)OCC(COP(=O)(O)OC1C(O)C(O)C(O)C(O)C1O)OC(=O)CCC/C=C\C/C=C\C/C=C\C/C=C\C=C\C(O)CC. The minimum Gasteiger partial charge on any atom is -0.462 e. The number of carbonyl (C=O) groups excluding carboxylic acids is 2. The van der Waals surface area contributed by atoms with Crippen LogP contribution in [0.1, 0.15) is 149 Å². The molecule has 14 nitrogen and oxygen atoms in total. The summed E-state index contributed by atoms with van der Waals surface area (Å²) in [5.74, 6) is -1.19. The fourth-order valence-electron chi connectivity index (χ4n) is 6.27. The van der Waals surface area contributed by atoms with Gasteiger partial charge in [0.25, 0.3) is 0 Å². The quantitative estimate of drug-likeness (QED) is 0.0110. The molecule has 0 bridgehead atoms. The summed E-state index contributed by atoms with van der Waals surface area (Å²) in [6, 6.07) is 0. The van der Waals surface area contributed by atoms with Crippen molar-refractivity contribution in [3.8, 4) is 0 Å². The van der Waals surface area contributed by atoms with Gasteiger partial charge in [0.2, 0.25) is 0 Å². The highest BCUT2D eigenvalue weighted by molar-refractivity contribution is 7.47. The Morgan fingerprint density at radius 3 is 1.63 bits per heavy atom. The van der Waals surface area contributed by atoms with Gasteiger partial charge in [-0.2, -0.15) is 0 Å². The highest BCUT2D eigenvalue weighted by Gasteiger charge is 2.51. The second-order valence-electron chi connectivity index (χ2n) is 15.4. The maximum absolute atomic E-state index is 12.8. The van der Waals surface area contributed by atoms with Crippen molar-refractivity contribution in [2.75, 3.05) is 13.2 Å². The van der Waals surface area contributed by atoms with E-state index < -0.39 is 81.8 Å². The summed E-state index contributed by atoms with van der Waals surface area (Å²) < 4.78 is 33.4. The number of ether oxygens (including phenoxy) is 2. The molecule has 0 aromatic carbocycles. The van der Waals surface area contributed by atoms with Crippen molar-refractivity contribution < 1.29 is 68.2 Å². The summed E-state index contributed by atoms with van der Waals surface area (Å²) in [5, 5.41) is 59.6. The van der Waals surface area contributed by atoms with Crippen LogP contribution in [0.3, 0.4) is 0 Å². The van der Waals surface area contributed by atoms with Gasteiger partial charge in [0.1, 0.15) is 43.2 Å². The standard InChI is InChI=1S/C45H77O14P/c1-3-5-6-7-8-9-10-13-17-20-23-26-29-32-38(47)56-34-37(35-57-60(54,55)59-45-43(52)41(50)40(49)42(51)44(45)53)58-39(48)33-30-27-24-21-18-15-12-11-14-16-19-22-25-28-31-36(46)4-2/h12,14-16,21-22,24-25,28,31,36-37,40-46,49-53H,3-11,13,17-20,23,26-27,29-30,32-35H2,1-2H3,(H,54,55)/b15-12-,16-14-,24-21-,25-22-,31-28+. The van der Waals surface area contributed by atoms with Crippen molar-refractivity contribution in [3.05, 3.63) is 60.8 Å². The van der Waals surface area contributed by atoms with Crippen LogP contribution < -0.4 is 0 Å². The second-order valence-corrected chi connectivity index (χ2v) is 16.8. The number of hydrogen-bond acceptors (Lipinski definition) is 13. The fourth-order valence-corrected chi connectivity index (χ4v) is 7.25. The first-order chi connectivity index (χ1) is 28.8. The minimum atomic E-state index is -5.14. The molecule has 15 heteroatoms. The lowest BCUT2D eigenvalue weighted by Gasteiger charge is -2.41. The van der Waals surface area contributed by atoms with Gasteiger partial charge in [0.15, 0.2) is 6.10 Å². The number of phosphoric ester groups is 1. The molecule has 7 atom stereocenters. The Kier molecular flexibility index (Phi) is 32.4. The van der Waals surface area contributed by atoms with Crippen LogP contribution in [0.15, 0.2) is 60.8 Å². The van der Waals surface area contributed by atoms with Gasteiger partial charge in [-0.25, -0.2) is 4.57 Å². The number of unbranched alkanes of at least 4 members (excludes halogenated alkanes) is 13. The molecule has 1 aliphatic carbocycles. The first-order valence-corrected chi connectivity index (χ1v) is 23.7. The molecule has 1 saturated carbocycles. The van der Waals surface area contributed by atoms with Crippen molar-refractivity contribution in [1.29, 1.82) is 0 Å². The zero-order valence-corrected chi connectivity index (χ0v) is 37.0. The third-order valence-corrected chi connectivity index (χ3v) is 11.0. The van der Waals surface area contributed by atoms with Gasteiger partial charge < -0.3 is 45.0 Å². The molecule has 1 fully saturated rings. The Balaban J connectivity index is 2.54. The summed E-state index contributed by atoms with van der Waals surface area (Å²) in [7, 11) is -5.14. The average Bonchev–Trinajstić information content (AvgIpc) is 3.23. The topological polar surface area (TPSA) is 230 Å². The molecule has 7 unspecified atom stereocenters. The second kappa shape index (κ2) is 35.0. The number of carbonyl (C=O) groups is 2. The van der Waals surface area contributed by atoms with Gasteiger partial charge in [-0.3, -0.25) is 18.6 Å². The Bertz CT molecular complexity index is 1300. The summed E-state index contributed by atoms with van der Waals surface area (Å²) in [6.45, 7) is 2.90. The highest BCUT2D eigenvalue weighted by Crippen LogP contribution is 2.47. The van der Waals surface area contributed by atoms with E-state index in [1.807, 2.05) is 43.4 Å². The molecule has 0 aliphatic heterocycles. The summed E-state index contributed by atoms with van der Waals surface area (Å²) in [5.41, 5.74) is 0. The molecule has 1 aliphatic rings. The lowest BCUT2D eigenvalue weighted by atomic mass is 9.85. The van der Waals surface area contributed by atoms with E-state index in [1.165, 1.54) is 57.8 Å². The largest absolute Gasteiger partial charge is 0.472 e. The summed E-state index contributed by atoms with van der Waals surface area (Å²) >= 11 is 0. The first-order valence-electron chi connectivity index (χ1n) is 22.2. The zero-order valence-electron chi connectivity index (χ0n) is 36.1. The number of allylic oxidation sites excluding steroid dienone is 9. The Morgan fingerprint density at radius 1 is 0.600 bits per heavy atom. The number of esters is 2. The molecule has 60 heavy (non-hydrogen) atoms. The monoisotopic (exact) mass is 873 g/mol. The number of hydrogen-bond donors (Lipinski definition) is 7. The van der Waals surface area contributed by atoms with Crippen LogP contribution in [0, 0.1) is 0 Å². The van der Waals surface area contributed by atoms with E-state index in [1.54, 1.807) is 6.08 Å². The first kappa shape index (κ1) is 55.5. The van der Waals surface area contributed by atoms with Crippen molar-refractivity contribution in [2.45, 2.75) is 198 Å². The van der Waals surface area contributed by atoms with E-state index in [9.17, 15) is 49.7 Å². The molecule has 0 radical (unpaired) electrons. The Hall–Kier alpha value is -2.49. The van der Waals surface area contributed by atoms with Crippen LogP contribution in [0.5, 0.6) is 0 Å². The van der Waals surface area contributed by atoms with Crippen LogP contribution in [0.2, 0.25) is 0 Å².